The number of aromatic nitrogens is 1. The lowest BCUT2D eigenvalue weighted by atomic mass is 10.0. The molecule has 1 unspecified atom stereocenters. The second kappa shape index (κ2) is 10.2. The normalized spacial score (nSPS) is 11.2. The molecule has 0 aliphatic carbocycles. The molecule has 0 bridgehead atoms. The van der Waals surface area contributed by atoms with Crippen LogP contribution < -0.4 is 20.5 Å². The van der Waals surface area contributed by atoms with Crippen LogP contribution in [-0.4, -0.2) is 30.4 Å². The quantitative estimate of drug-likeness (QED) is 0.464. The fraction of sp³-hybridized carbons (Fsp3) is 0.182. The first kappa shape index (κ1) is 23.8. The summed E-state index contributed by atoms with van der Waals surface area (Å²) >= 11 is 7.19. The largest absolute Gasteiger partial charge is 0.495 e. The van der Waals surface area contributed by atoms with Crippen molar-refractivity contribution in [2.45, 2.75) is 17.2 Å². The summed E-state index contributed by atoms with van der Waals surface area (Å²) in [5, 5.41) is 21.9. The van der Waals surface area contributed by atoms with Gasteiger partial charge in [0, 0.05) is 6.07 Å². The number of nitriles is 2. The van der Waals surface area contributed by atoms with Crippen LogP contribution in [0.15, 0.2) is 40.0 Å². The Balaban J connectivity index is 1.93. The third-order valence-corrected chi connectivity index (χ3v) is 5.95. The Bertz CT molecular complexity index is 1280. The summed E-state index contributed by atoms with van der Waals surface area (Å²) in [7, 11) is 2.92. The number of rotatable bonds is 7. The number of furan rings is 1. The van der Waals surface area contributed by atoms with Gasteiger partial charge in [-0.2, -0.15) is 10.5 Å². The lowest BCUT2D eigenvalue weighted by Crippen LogP contribution is -2.23. The van der Waals surface area contributed by atoms with Crippen LogP contribution in [0.2, 0.25) is 5.02 Å². The highest BCUT2D eigenvalue weighted by atomic mass is 35.5. The van der Waals surface area contributed by atoms with E-state index in [4.69, 9.17) is 31.2 Å². The molecule has 1 atom stereocenters. The second-order valence-corrected chi connectivity index (χ2v) is 8.30. The Morgan fingerprint density at radius 3 is 2.52 bits per heavy atom. The molecule has 0 saturated carbocycles. The number of nitrogens with zero attached hydrogens (tertiary/aromatic N) is 3. The summed E-state index contributed by atoms with van der Waals surface area (Å²) < 4.78 is 15.9. The van der Waals surface area contributed by atoms with Crippen molar-refractivity contribution < 1.29 is 18.7 Å². The molecule has 2 heterocycles. The fourth-order valence-electron chi connectivity index (χ4n) is 2.96. The predicted molar refractivity (Wildman–Crippen MR) is 124 cm³/mol. The average molecular weight is 484 g/mol. The van der Waals surface area contributed by atoms with E-state index in [0.29, 0.717) is 28.0 Å². The molecular weight excluding hydrogens is 466 g/mol. The predicted octanol–water partition coefficient (Wildman–Crippen LogP) is 4.46. The highest BCUT2D eigenvalue weighted by Crippen LogP contribution is 2.39. The van der Waals surface area contributed by atoms with Crippen LogP contribution in [0.25, 0.3) is 11.3 Å². The molecule has 0 radical (unpaired) electrons. The highest BCUT2D eigenvalue weighted by Gasteiger charge is 2.25. The van der Waals surface area contributed by atoms with E-state index in [1.54, 1.807) is 25.1 Å². The maximum atomic E-state index is 12.9. The van der Waals surface area contributed by atoms with Gasteiger partial charge in [-0.15, -0.1) is 0 Å². The van der Waals surface area contributed by atoms with Crippen molar-refractivity contribution >= 4 is 40.8 Å². The van der Waals surface area contributed by atoms with E-state index in [0.717, 1.165) is 11.8 Å². The summed E-state index contributed by atoms with van der Waals surface area (Å²) in [6.07, 6.45) is 1.42. The number of thioether (sulfide) groups is 1. The van der Waals surface area contributed by atoms with Crippen molar-refractivity contribution in [3.8, 4) is 35.0 Å². The van der Waals surface area contributed by atoms with Crippen LogP contribution in [-0.2, 0) is 4.79 Å². The van der Waals surface area contributed by atoms with Gasteiger partial charge >= 0.3 is 0 Å². The van der Waals surface area contributed by atoms with Gasteiger partial charge < -0.3 is 24.9 Å². The van der Waals surface area contributed by atoms with Gasteiger partial charge in [0.2, 0.25) is 5.91 Å². The fourth-order valence-corrected chi connectivity index (χ4v) is 4.12. The lowest BCUT2D eigenvalue weighted by molar-refractivity contribution is -0.115. The van der Waals surface area contributed by atoms with E-state index >= 15 is 0 Å². The van der Waals surface area contributed by atoms with Crippen molar-refractivity contribution in [2.75, 3.05) is 25.3 Å². The number of ether oxygens (including phenoxy) is 2. The van der Waals surface area contributed by atoms with Gasteiger partial charge in [0.15, 0.2) is 0 Å². The SMILES string of the molecule is COc1cc(OC)c(NC(=O)C(C)Sc2nc(N)c(C#N)c(-c3ccco3)c2C#N)cc1Cl. The first-order chi connectivity index (χ1) is 15.8. The molecule has 9 nitrogen and oxygen atoms in total. The number of nitrogen functional groups attached to an aromatic ring is 1. The summed E-state index contributed by atoms with van der Waals surface area (Å²) in [5.41, 5.74) is 6.68. The Kier molecular flexibility index (Phi) is 7.34. The monoisotopic (exact) mass is 483 g/mol. The molecule has 33 heavy (non-hydrogen) atoms. The maximum absolute atomic E-state index is 12.9. The zero-order valence-electron chi connectivity index (χ0n) is 17.8. The highest BCUT2D eigenvalue weighted by molar-refractivity contribution is 8.00. The average Bonchev–Trinajstić information content (AvgIpc) is 3.33. The molecule has 3 N–H and O–H groups in total. The first-order valence-electron chi connectivity index (χ1n) is 9.41. The van der Waals surface area contributed by atoms with Gasteiger partial charge in [0.25, 0.3) is 0 Å². The number of anilines is 2. The van der Waals surface area contributed by atoms with E-state index in [-0.39, 0.29) is 27.5 Å². The Labute approximate surface area is 199 Å². The number of pyridine rings is 1. The smallest absolute Gasteiger partial charge is 0.237 e. The summed E-state index contributed by atoms with van der Waals surface area (Å²) in [5.74, 6) is 0.596. The summed E-state index contributed by atoms with van der Waals surface area (Å²) in [6.45, 7) is 1.64. The van der Waals surface area contributed by atoms with Crippen LogP contribution in [0.5, 0.6) is 11.5 Å². The third kappa shape index (κ3) is 4.82. The van der Waals surface area contributed by atoms with Crippen LogP contribution in [0.1, 0.15) is 18.1 Å². The van der Waals surface area contributed by atoms with Crippen molar-refractivity contribution in [3.63, 3.8) is 0 Å². The number of methoxy groups -OCH3 is 2. The molecule has 2 aromatic heterocycles. The molecule has 3 rings (SSSR count). The number of benzene rings is 1. The molecule has 11 heteroatoms. The molecular formula is C22H18ClN5O4S. The zero-order chi connectivity index (χ0) is 24.1. The molecule has 0 aliphatic rings. The lowest BCUT2D eigenvalue weighted by Gasteiger charge is -2.17. The van der Waals surface area contributed by atoms with Crippen molar-refractivity contribution in [1.82, 2.24) is 4.98 Å². The maximum Gasteiger partial charge on any atom is 0.237 e. The minimum Gasteiger partial charge on any atom is -0.495 e. The number of halogens is 1. The van der Waals surface area contributed by atoms with E-state index in [9.17, 15) is 15.3 Å². The van der Waals surface area contributed by atoms with Crippen LogP contribution in [0.3, 0.4) is 0 Å². The Morgan fingerprint density at radius 2 is 1.94 bits per heavy atom. The molecule has 0 spiro atoms. The second-order valence-electron chi connectivity index (χ2n) is 6.56. The van der Waals surface area contributed by atoms with Crippen molar-refractivity contribution in [3.05, 3.63) is 46.7 Å². The van der Waals surface area contributed by atoms with Gasteiger partial charge in [-0.05, 0) is 25.1 Å². The zero-order valence-corrected chi connectivity index (χ0v) is 19.4. The van der Waals surface area contributed by atoms with E-state index in [1.165, 1.54) is 26.5 Å². The standard InChI is InChI=1S/C22H18ClN5O4S/c1-11(21(29)27-15-7-14(23)17(30-2)8-18(15)31-3)33-22-13(10-25)19(16-5-4-6-32-16)12(9-24)20(26)28-22/h4-8,11H,1-3H3,(H2,26,28)(H,27,29). The minimum absolute atomic E-state index is 0.0283. The number of nitrogens with one attached hydrogen (secondary N) is 1. The molecule has 0 fully saturated rings. The van der Waals surface area contributed by atoms with Gasteiger partial charge in [-0.3, -0.25) is 4.79 Å². The number of amides is 1. The van der Waals surface area contributed by atoms with E-state index < -0.39 is 11.2 Å². The number of carbonyl (C=O) groups excluding carboxylic acids is 1. The molecule has 1 amide bonds. The third-order valence-electron chi connectivity index (χ3n) is 4.57. The number of hydrogen-bond acceptors (Lipinski definition) is 9. The van der Waals surface area contributed by atoms with E-state index in [2.05, 4.69) is 16.4 Å². The molecule has 0 aliphatic heterocycles. The molecule has 1 aromatic carbocycles. The number of hydrogen-bond donors (Lipinski definition) is 2. The van der Waals surface area contributed by atoms with Crippen molar-refractivity contribution in [2.24, 2.45) is 0 Å². The van der Waals surface area contributed by atoms with Crippen LogP contribution in [0.4, 0.5) is 11.5 Å². The molecule has 168 valence electrons. The topological polar surface area (TPSA) is 147 Å². The minimum atomic E-state index is -0.702. The van der Waals surface area contributed by atoms with Gasteiger partial charge in [0.1, 0.15) is 45.8 Å². The van der Waals surface area contributed by atoms with Crippen molar-refractivity contribution in [1.29, 1.82) is 10.5 Å². The van der Waals surface area contributed by atoms with Crippen LogP contribution >= 0.6 is 23.4 Å². The van der Waals surface area contributed by atoms with Crippen LogP contribution in [0, 0.1) is 22.7 Å². The Hall–Kier alpha value is -3.86. The van der Waals surface area contributed by atoms with E-state index in [1.807, 2.05) is 6.07 Å². The van der Waals surface area contributed by atoms with Gasteiger partial charge in [-0.25, -0.2) is 4.98 Å². The first-order valence-corrected chi connectivity index (χ1v) is 10.7. The Morgan fingerprint density at radius 1 is 1.24 bits per heavy atom. The van der Waals surface area contributed by atoms with Gasteiger partial charge in [-0.1, -0.05) is 23.4 Å². The summed E-state index contributed by atoms with van der Waals surface area (Å²) in [4.78, 5) is 17.1. The molecule has 3 aromatic rings. The number of carbonyl (C=O) groups is 1. The summed E-state index contributed by atoms with van der Waals surface area (Å²) in [6, 6.07) is 10.3. The van der Waals surface area contributed by atoms with Gasteiger partial charge in [0.05, 0.1) is 47.6 Å². The number of nitrogens with two attached hydrogens (primary N) is 1. The molecule has 0 saturated heterocycles.